The molecule has 4 heteroatoms. The standard InChI is InChI=1S/C12H19NO3/c1-9-4-5-11(12(6-9)15-3)16-8-10(13)7-14-2/h4-6,10H,7-8,13H2,1-3H3. The van der Waals surface area contributed by atoms with Gasteiger partial charge in [0.05, 0.1) is 19.8 Å². The lowest BCUT2D eigenvalue weighted by atomic mass is 10.2. The summed E-state index contributed by atoms with van der Waals surface area (Å²) in [5, 5.41) is 0. The molecular formula is C12H19NO3. The molecule has 0 aromatic heterocycles. The van der Waals surface area contributed by atoms with Gasteiger partial charge in [0.15, 0.2) is 11.5 Å². The third-order valence-electron chi connectivity index (χ3n) is 2.15. The lowest BCUT2D eigenvalue weighted by molar-refractivity contribution is 0.151. The van der Waals surface area contributed by atoms with Crippen LogP contribution in [0.25, 0.3) is 0 Å². The van der Waals surface area contributed by atoms with Gasteiger partial charge in [0.2, 0.25) is 0 Å². The van der Waals surface area contributed by atoms with Crippen molar-refractivity contribution in [3.63, 3.8) is 0 Å². The van der Waals surface area contributed by atoms with Crippen LogP contribution in [0.5, 0.6) is 11.5 Å². The van der Waals surface area contributed by atoms with Crippen molar-refractivity contribution < 1.29 is 14.2 Å². The highest BCUT2D eigenvalue weighted by atomic mass is 16.5. The molecule has 16 heavy (non-hydrogen) atoms. The molecule has 1 atom stereocenters. The molecule has 90 valence electrons. The van der Waals surface area contributed by atoms with E-state index < -0.39 is 0 Å². The number of rotatable bonds is 6. The van der Waals surface area contributed by atoms with Crippen molar-refractivity contribution in [1.82, 2.24) is 0 Å². The SMILES string of the molecule is COCC(N)COc1ccc(C)cc1OC. The van der Waals surface area contributed by atoms with Gasteiger partial charge in [-0.05, 0) is 24.6 Å². The van der Waals surface area contributed by atoms with E-state index in [1.807, 2.05) is 25.1 Å². The van der Waals surface area contributed by atoms with Gasteiger partial charge in [-0.15, -0.1) is 0 Å². The van der Waals surface area contributed by atoms with Crippen LogP contribution in [-0.4, -0.2) is 33.5 Å². The molecule has 4 nitrogen and oxygen atoms in total. The van der Waals surface area contributed by atoms with Crippen molar-refractivity contribution in [3.05, 3.63) is 23.8 Å². The van der Waals surface area contributed by atoms with E-state index in [2.05, 4.69) is 0 Å². The molecule has 0 aliphatic carbocycles. The Kier molecular flexibility index (Phi) is 5.08. The Bertz CT molecular complexity index is 328. The summed E-state index contributed by atoms with van der Waals surface area (Å²) in [4.78, 5) is 0. The summed E-state index contributed by atoms with van der Waals surface area (Å²) in [7, 11) is 3.24. The van der Waals surface area contributed by atoms with E-state index >= 15 is 0 Å². The molecule has 0 bridgehead atoms. The van der Waals surface area contributed by atoms with E-state index in [4.69, 9.17) is 19.9 Å². The maximum Gasteiger partial charge on any atom is 0.161 e. The Morgan fingerprint density at radius 1 is 1.19 bits per heavy atom. The van der Waals surface area contributed by atoms with Crippen molar-refractivity contribution in [3.8, 4) is 11.5 Å². The van der Waals surface area contributed by atoms with Crippen LogP contribution >= 0.6 is 0 Å². The van der Waals surface area contributed by atoms with Gasteiger partial charge < -0.3 is 19.9 Å². The minimum absolute atomic E-state index is 0.129. The van der Waals surface area contributed by atoms with Crippen LogP contribution in [0.15, 0.2) is 18.2 Å². The van der Waals surface area contributed by atoms with Crippen molar-refractivity contribution in [2.24, 2.45) is 5.73 Å². The molecule has 0 aliphatic heterocycles. The van der Waals surface area contributed by atoms with Crippen molar-refractivity contribution >= 4 is 0 Å². The fourth-order valence-corrected chi connectivity index (χ4v) is 1.35. The Morgan fingerprint density at radius 2 is 1.94 bits per heavy atom. The van der Waals surface area contributed by atoms with E-state index in [9.17, 15) is 0 Å². The van der Waals surface area contributed by atoms with E-state index in [0.29, 0.717) is 19.0 Å². The number of methoxy groups -OCH3 is 2. The summed E-state index contributed by atoms with van der Waals surface area (Å²) in [6.07, 6.45) is 0. The Labute approximate surface area is 96.3 Å². The van der Waals surface area contributed by atoms with Gasteiger partial charge in [0.1, 0.15) is 6.61 Å². The van der Waals surface area contributed by atoms with Gasteiger partial charge in [0.25, 0.3) is 0 Å². The third kappa shape index (κ3) is 3.72. The number of hydrogen-bond acceptors (Lipinski definition) is 4. The second-order valence-electron chi connectivity index (χ2n) is 3.68. The van der Waals surface area contributed by atoms with E-state index in [-0.39, 0.29) is 6.04 Å². The third-order valence-corrected chi connectivity index (χ3v) is 2.15. The maximum absolute atomic E-state index is 5.76. The molecule has 1 rings (SSSR count). The zero-order valence-electron chi connectivity index (χ0n) is 10.0. The summed E-state index contributed by atoms with van der Waals surface area (Å²) >= 11 is 0. The van der Waals surface area contributed by atoms with Crippen LogP contribution in [0.2, 0.25) is 0 Å². The van der Waals surface area contributed by atoms with Crippen LogP contribution in [0.1, 0.15) is 5.56 Å². The van der Waals surface area contributed by atoms with Gasteiger partial charge >= 0.3 is 0 Å². The highest BCUT2D eigenvalue weighted by Gasteiger charge is 2.07. The molecule has 0 saturated heterocycles. The van der Waals surface area contributed by atoms with Crippen LogP contribution in [0.3, 0.4) is 0 Å². The molecule has 2 N–H and O–H groups in total. The first-order valence-electron chi connectivity index (χ1n) is 5.19. The van der Waals surface area contributed by atoms with Gasteiger partial charge in [0, 0.05) is 7.11 Å². The fraction of sp³-hybridized carbons (Fsp3) is 0.500. The van der Waals surface area contributed by atoms with Crippen LogP contribution in [0, 0.1) is 6.92 Å². The molecule has 1 aromatic rings. The lowest BCUT2D eigenvalue weighted by Gasteiger charge is -2.14. The minimum Gasteiger partial charge on any atom is -0.493 e. The zero-order chi connectivity index (χ0) is 12.0. The normalized spacial score (nSPS) is 12.2. The summed E-state index contributed by atoms with van der Waals surface area (Å²) < 4.78 is 15.7. The number of benzene rings is 1. The van der Waals surface area contributed by atoms with E-state index in [1.54, 1.807) is 14.2 Å². The smallest absolute Gasteiger partial charge is 0.161 e. The Morgan fingerprint density at radius 3 is 2.56 bits per heavy atom. The Hall–Kier alpha value is -1.26. The first-order chi connectivity index (χ1) is 7.67. The first-order valence-corrected chi connectivity index (χ1v) is 5.19. The molecule has 0 fully saturated rings. The summed E-state index contributed by atoms with van der Waals surface area (Å²) in [6, 6.07) is 5.65. The monoisotopic (exact) mass is 225 g/mol. The molecule has 0 heterocycles. The maximum atomic E-state index is 5.76. The summed E-state index contributed by atoms with van der Waals surface area (Å²) in [5.74, 6) is 1.43. The molecule has 0 aliphatic rings. The highest BCUT2D eigenvalue weighted by molar-refractivity contribution is 5.42. The zero-order valence-corrected chi connectivity index (χ0v) is 10.0. The predicted molar refractivity (Wildman–Crippen MR) is 63.1 cm³/mol. The average Bonchev–Trinajstić information content (AvgIpc) is 2.27. The molecule has 1 unspecified atom stereocenters. The van der Waals surface area contributed by atoms with Gasteiger partial charge in [-0.1, -0.05) is 6.07 Å². The van der Waals surface area contributed by atoms with Crippen LogP contribution in [-0.2, 0) is 4.74 Å². The second kappa shape index (κ2) is 6.35. The molecular weight excluding hydrogens is 206 g/mol. The van der Waals surface area contributed by atoms with Gasteiger partial charge in [-0.2, -0.15) is 0 Å². The predicted octanol–water partition coefficient (Wildman–Crippen LogP) is 1.36. The molecule has 1 aromatic carbocycles. The minimum atomic E-state index is -0.129. The van der Waals surface area contributed by atoms with Crippen LogP contribution < -0.4 is 15.2 Å². The lowest BCUT2D eigenvalue weighted by Crippen LogP contribution is -2.32. The molecule has 0 spiro atoms. The molecule has 0 radical (unpaired) electrons. The first kappa shape index (κ1) is 12.8. The summed E-state index contributed by atoms with van der Waals surface area (Å²) in [6.45, 7) is 2.89. The fourth-order valence-electron chi connectivity index (χ4n) is 1.35. The molecule has 0 amide bonds. The number of ether oxygens (including phenoxy) is 3. The average molecular weight is 225 g/mol. The largest absolute Gasteiger partial charge is 0.493 e. The highest BCUT2D eigenvalue weighted by Crippen LogP contribution is 2.27. The molecule has 0 saturated carbocycles. The number of aryl methyl sites for hydroxylation is 1. The number of nitrogens with two attached hydrogens (primary N) is 1. The van der Waals surface area contributed by atoms with Crippen molar-refractivity contribution in [2.75, 3.05) is 27.4 Å². The number of hydrogen-bond donors (Lipinski definition) is 1. The van der Waals surface area contributed by atoms with Gasteiger partial charge in [-0.3, -0.25) is 0 Å². The van der Waals surface area contributed by atoms with Gasteiger partial charge in [-0.25, -0.2) is 0 Å². The van der Waals surface area contributed by atoms with Crippen molar-refractivity contribution in [1.29, 1.82) is 0 Å². The Balaban J connectivity index is 2.59. The topological polar surface area (TPSA) is 53.7 Å². The van der Waals surface area contributed by atoms with Crippen LogP contribution in [0.4, 0.5) is 0 Å². The quantitative estimate of drug-likeness (QED) is 0.794. The van der Waals surface area contributed by atoms with Crippen molar-refractivity contribution in [2.45, 2.75) is 13.0 Å². The summed E-state index contributed by atoms with van der Waals surface area (Å²) in [5.41, 5.74) is 6.89. The van der Waals surface area contributed by atoms with E-state index in [0.717, 1.165) is 11.3 Å². The second-order valence-corrected chi connectivity index (χ2v) is 3.68. The van der Waals surface area contributed by atoms with E-state index in [1.165, 1.54) is 0 Å².